The molecule has 0 heterocycles. The fraction of sp³-hybridized carbons (Fsp3) is 0.571. The van der Waals surface area contributed by atoms with E-state index in [4.69, 9.17) is 0 Å². The second kappa shape index (κ2) is 7.42. The third-order valence-electron chi connectivity index (χ3n) is 2.91. The molecule has 1 aromatic rings. The Morgan fingerprint density at radius 3 is 2.44 bits per heavy atom. The number of benzene rings is 1. The summed E-state index contributed by atoms with van der Waals surface area (Å²) in [7, 11) is 0. The first-order valence-corrected chi connectivity index (χ1v) is 6.24. The zero-order chi connectivity index (χ0) is 11.8. The summed E-state index contributed by atoms with van der Waals surface area (Å²) in [5, 5.41) is 13.4. The van der Waals surface area contributed by atoms with Crippen LogP contribution in [-0.2, 0) is 0 Å². The molecule has 2 atom stereocenters. The van der Waals surface area contributed by atoms with Crippen LogP contribution in [0.25, 0.3) is 0 Å². The summed E-state index contributed by atoms with van der Waals surface area (Å²) in [5.74, 6) is 0. The standard InChI is InChI=1S/C14H23NO/c1-3-8-13(4-2)15-11-14(16)12-9-6-5-7-10-12/h5-7,9-10,13-16H,3-4,8,11H2,1-2H3. The molecular weight excluding hydrogens is 198 g/mol. The minimum atomic E-state index is -0.396. The van der Waals surface area contributed by atoms with E-state index in [-0.39, 0.29) is 0 Å². The lowest BCUT2D eigenvalue weighted by Crippen LogP contribution is -2.32. The Hall–Kier alpha value is -0.860. The topological polar surface area (TPSA) is 32.3 Å². The van der Waals surface area contributed by atoms with Crippen LogP contribution in [0.3, 0.4) is 0 Å². The van der Waals surface area contributed by atoms with Crippen LogP contribution in [0.1, 0.15) is 44.8 Å². The first-order valence-electron chi connectivity index (χ1n) is 6.24. The highest BCUT2D eigenvalue weighted by Gasteiger charge is 2.09. The Labute approximate surface area is 98.7 Å². The summed E-state index contributed by atoms with van der Waals surface area (Å²) in [6.07, 6.45) is 3.09. The molecule has 2 unspecified atom stereocenters. The van der Waals surface area contributed by atoms with Gasteiger partial charge in [0.05, 0.1) is 6.10 Å². The summed E-state index contributed by atoms with van der Waals surface area (Å²) >= 11 is 0. The summed E-state index contributed by atoms with van der Waals surface area (Å²) in [6.45, 7) is 5.02. The molecule has 2 nitrogen and oxygen atoms in total. The van der Waals surface area contributed by atoms with Crippen molar-refractivity contribution in [2.75, 3.05) is 6.54 Å². The van der Waals surface area contributed by atoms with Crippen molar-refractivity contribution in [3.8, 4) is 0 Å². The molecule has 0 radical (unpaired) electrons. The SMILES string of the molecule is CCCC(CC)NCC(O)c1ccccc1. The van der Waals surface area contributed by atoms with E-state index in [1.165, 1.54) is 12.8 Å². The van der Waals surface area contributed by atoms with Crippen LogP contribution < -0.4 is 5.32 Å². The second-order valence-corrected chi connectivity index (χ2v) is 4.23. The van der Waals surface area contributed by atoms with E-state index in [1.807, 2.05) is 30.3 Å². The Balaban J connectivity index is 2.37. The van der Waals surface area contributed by atoms with Gasteiger partial charge in [0, 0.05) is 12.6 Å². The predicted molar refractivity (Wildman–Crippen MR) is 68.4 cm³/mol. The maximum atomic E-state index is 9.97. The fourth-order valence-corrected chi connectivity index (χ4v) is 1.87. The number of rotatable bonds is 7. The minimum Gasteiger partial charge on any atom is -0.387 e. The molecule has 0 saturated heterocycles. The predicted octanol–water partition coefficient (Wildman–Crippen LogP) is 2.89. The van der Waals surface area contributed by atoms with Gasteiger partial charge in [0.25, 0.3) is 0 Å². The van der Waals surface area contributed by atoms with Crippen molar-refractivity contribution >= 4 is 0 Å². The molecule has 0 amide bonds. The van der Waals surface area contributed by atoms with E-state index in [2.05, 4.69) is 19.2 Å². The normalized spacial score (nSPS) is 14.7. The Morgan fingerprint density at radius 1 is 1.19 bits per heavy atom. The number of hydrogen-bond donors (Lipinski definition) is 2. The average Bonchev–Trinajstić information content (AvgIpc) is 2.35. The minimum absolute atomic E-state index is 0.396. The van der Waals surface area contributed by atoms with Gasteiger partial charge in [-0.1, -0.05) is 50.6 Å². The molecule has 0 bridgehead atoms. The number of hydrogen-bond acceptors (Lipinski definition) is 2. The number of nitrogens with one attached hydrogen (secondary N) is 1. The van der Waals surface area contributed by atoms with Gasteiger partial charge < -0.3 is 10.4 Å². The molecular formula is C14H23NO. The highest BCUT2D eigenvalue weighted by atomic mass is 16.3. The molecule has 0 spiro atoms. The molecule has 0 aromatic heterocycles. The van der Waals surface area contributed by atoms with Crippen LogP contribution in [0.4, 0.5) is 0 Å². The summed E-state index contributed by atoms with van der Waals surface area (Å²) in [5.41, 5.74) is 0.987. The van der Waals surface area contributed by atoms with Gasteiger partial charge in [-0.25, -0.2) is 0 Å². The molecule has 1 rings (SSSR count). The van der Waals surface area contributed by atoms with Crippen molar-refractivity contribution < 1.29 is 5.11 Å². The van der Waals surface area contributed by atoms with E-state index in [1.54, 1.807) is 0 Å². The van der Waals surface area contributed by atoms with Crippen LogP contribution in [0.15, 0.2) is 30.3 Å². The molecule has 0 fully saturated rings. The van der Waals surface area contributed by atoms with Gasteiger partial charge in [0.2, 0.25) is 0 Å². The van der Waals surface area contributed by atoms with Crippen LogP contribution in [0, 0.1) is 0 Å². The summed E-state index contributed by atoms with van der Waals surface area (Å²) < 4.78 is 0. The van der Waals surface area contributed by atoms with Crippen LogP contribution in [0.2, 0.25) is 0 Å². The van der Waals surface area contributed by atoms with Crippen molar-refractivity contribution in [3.05, 3.63) is 35.9 Å². The van der Waals surface area contributed by atoms with Crippen molar-refractivity contribution in [2.45, 2.75) is 45.3 Å². The zero-order valence-electron chi connectivity index (χ0n) is 10.3. The number of aliphatic hydroxyl groups excluding tert-OH is 1. The summed E-state index contributed by atoms with van der Waals surface area (Å²) in [4.78, 5) is 0. The molecule has 2 N–H and O–H groups in total. The first-order chi connectivity index (χ1) is 7.77. The quantitative estimate of drug-likeness (QED) is 0.742. The lowest BCUT2D eigenvalue weighted by atomic mass is 10.1. The van der Waals surface area contributed by atoms with E-state index >= 15 is 0 Å². The molecule has 0 saturated carbocycles. The van der Waals surface area contributed by atoms with E-state index < -0.39 is 6.10 Å². The van der Waals surface area contributed by atoms with Crippen LogP contribution in [0.5, 0.6) is 0 Å². The monoisotopic (exact) mass is 221 g/mol. The highest BCUT2D eigenvalue weighted by molar-refractivity contribution is 5.17. The van der Waals surface area contributed by atoms with Gasteiger partial charge in [-0.15, -0.1) is 0 Å². The van der Waals surface area contributed by atoms with E-state index in [0.717, 1.165) is 12.0 Å². The highest BCUT2D eigenvalue weighted by Crippen LogP contribution is 2.11. The van der Waals surface area contributed by atoms with Crippen LogP contribution in [-0.4, -0.2) is 17.7 Å². The largest absolute Gasteiger partial charge is 0.387 e. The third kappa shape index (κ3) is 4.33. The lowest BCUT2D eigenvalue weighted by molar-refractivity contribution is 0.168. The van der Waals surface area contributed by atoms with Gasteiger partial charge in [-0.05, 0) is 18.4 Å². The molecule has 90 valence electrons. The maximum Gasteiger partial charge on any atom is 0.0914 e. The van der Waals surface area contributed by atoms with Crippen molar-refractivity contribution in [1.82, 2.24) is 5.32 Å². The van der Waals surface area contributed by atoms with E-state index in [9.17, 15) is 5.11 Å². The second-order valence-electron chi connectivity index (χ2n) is 4.23. The molecule has 0 aliphatic rings. The third-order valence-corrected chi connectivity index (χ3v) is 2.91. The lowest BCUT2D eigenvalue weighted by Gasteiger charge is -2.19. The van der Waals surface area contributed by atoms with Gasteiger partial charge in [0.1, 0.15) is 0 Å². The molecule has 1 aromatic carbocycles. The Bertz CT molecular complexity index is 273. The Kier molecular flexibility index (Phi) is 6.12. The smallest absolute Gasteiger partial charge is 0.0914 e. The van der Waals surface area contributed by atoms with Gasteiger partial charge in [-0.2, -0.15) is 0 Å². The molecule has 16 heavy (non-hydrogen) atoms. The van der Waals surface area contributed by atoms with Gasteiger partial charge in [0.15, 0.2) is 0 Å². The fourth-order valence-electron chi connectivity index (χ4n) is 1.87. The van der Waals surface area contributed by atoms with Gasteiger partial charge >= 0.3 is 0 Å². The number of aliphatic hydroxyl groups is 1. The van der Waals surface area contributed by atoms with E-state index in [0.29, 0.717) is 12.6 Å². The maximum absolute atomic E-state index is 9.97. The molecule has 2 heteroatoms. The van der Waals surface area contributed by atoms with Crippen molar-refractivity contribution in [1.29, 1.82) is 0 Å². The van der Waals surface area contributed by atoms with Crippen molar-refractivity contribution in [2.24, 2.45) is 0 Å². The molecule has 0 aliphatic heterocycles. The van der Waals surface area contributed by atoms with Crippen molar-refractivity contribution in [3.63, 3.8) is 0 Å². The zero-order valence-corrected chi connectivity index (χ0v) is 10.3. The summed E-state index contributed by atoms with van der Waals surface area (Å²) in [6, 6.07) is 10.3. The average molecular weight is 221 g/mol. The first kappa shape index (κ1) is 13.2. The van der Waals surface area contributed by atoms with Crippen LogP contribution >= 0.6 is 0 Å². The van der Waals surface area contributed by atoms with Gasteiger partial charge in [-0.3, -0.25) is 0 Å². The molecule has 0 aliphatic carbocycles. The Morgan fingerprint density at radius 2 is 1.88 bits per heavy atom.